The highest BCUT2D eigenvalue weighted by Gasteiger charge is 2.57. The lowest BCUT2D eigenvalue weighted by molar-refractivity contribution is -0.150. The minimum atomic E-state index is -1.05. The van der Waals surface area contributed by atoms with E-state index in [0.717, 1.165) is 5.69 Å². The number of ether oxygens (including phenoxy) is 3. The molecule has 8 heteroatoms. The number of para-hydroxylation sites is 2. The Kier molecular flexibility index (Phi) is 4.47. The summed E-state index contributed by atoms with van der Waals surface area (Å²) in [6.07, 6.45) is 2.63. The molecule has 1 aromatic heterocycles. The number of anilines is 3. The molecule has 1 aliphatic heterocycles. The van der Waals surface area contributed by atoms with Gasteiger partial charge in [0.2, 0.25) is 11.7 Å². The van der Waals surface area contributed by atoms with Gasteiger partial charge in [-0.15, -0.1) is 0 Å². The molecule has 156 valence electrons. The Morgan fingerprint density at radius 1 is 1.10 bits per heavy atom. The number of hydrogen-bond acceptors (Lipinski definition) is 7. The van der Waals surface area contributed by atoms with E-state index in [1.54, 1.807) is 36.5 Å². The van der Waals surface area contributed by atoms with Gasteiger partial charge < -0.3 is 24.8 Å². The fourth-order valence-corrected chi connectivity index (χ4v) is 3.42. The van der Waals surface area contributed by atoms with Crippen molar-refractivity contribution < 1.29 is 23.8 Å². The van der Waals surface area contributed by atoms with Gasteiger partial charge in [-0.2, -0.15) is 0 Å². The molecule has 0 unspecified atom stereocenters. The van der Waals surface area contributed by atoms with Gasteiger partial charge in [0.1, 0.15) is 11.2 Å². The largest absolute Gasteiger partial charge is 0.468 e. The first-order valence-electron chi connectivity index (χ1n) is 9.80. The van der Waals surface area contributed by atoms with Crippen LogP contribution >= 0.6 is 0 Å². The van der Waals surface area contributed by atoms with E-state index in [0.29, 0.717) is 47.3 Å². The summed E-state index contributed by atoms with van der Waals surface area (Å²) in [5, 5.41) is 6.00. The average Bonchev–Trinajstić information content (AvgIpc) is 3.61. The van der Waals surface area contributed by atoms with Crippen molar-refractivity contribution in [3.8, 4) is 23.0 Å². The number of nitrogens with zero attached hydrogens (tertiary/aromatic N) is 1. The number of benzene rings is 2. The van der Waals surface area contributed by atoms with E-state index in [-0.39, 0.29) is 5.91 Å². The molecule has 3 aromatic rings. The second kappa shape index (κ2) is 7.32. The van der Waals surface area contributed by atoms with E-state index in [2.05, 4.69) is 15.6 Å². The van der Waals surface area contributed by atoms with Crippen LogP contribution in [0.5, 0.6) is 23.0 Å². The van der Waals surface area contributed by atoms with Crippen molar-refractivity contribution in [2.24, 2.45) is 5.41 Å². The summed E-state index contributed by atoms with van der Waals surface area (Å²) in [5.41, 5.74) is 0.344. The van der Waals surface area contributed by atoms with Crippen molar-refractivity contribution in [1.82, 2.24) is 4.98 Å². The number of esters is 1. The number of methoxy groups -OCH3 is 1. The lowest BCUT2D eigenvalue weighted by atomic mass is 10.1. The zero-order valence-electron chi connectivity index (χ0n) is 16.7. The Hall–Kier alpha value is -4.07. The second-order valence-electron chi connectivity index (χ2n) is 7.36. The highest BCUT2D eigenvalue weighted by atomic mass is 16.5. The molecule has 1 amide bonds. The molecule has 1 saturated carbocycles. The maximum atomic E-state index is 12.5. The molecule has 2 aliphatic rings. The van der Waals surface area contributed by atoms with Crippen LogP contribution in [0.4, 0.5) is 17.2 Å². The third-order valence-corrected chi connectivity index (χ3v) is 5.32. The Morgan fingerprint density at radius 2 is 1.87 bits per heavy atom. The molecule has 0 bridgehead atoms. The maximum Gasteiger partial charge on any atom is 0.321 e. The zero-order valence-corrected chi connectivity index (χ0v) is 16.7. The third-order valence-electron chi connectivity index (χ3n) is 5.32. The molecule has 2 aromatic carbocycles. The maximum absolute atomic E-state index is 12.5. The number of hydrogen-bond donors (Lipinski definition) is 2. The molecule has 0 radical (unpaired) electrons. The van der Waals surface area contributed by atoms with Gasteiger partial charge in [-0.3, -0.25) is 9.59 Å². The molecular weight excluding hydrogens is 398 g/mol. The quantitative estimate of drug-likeness (QED) is 0.361. The van der Waals surface area contributed by atoms with Crippen molar-refractivity contribution in [2.75, 3.05) is 17.7 Å². The number of amides is 1. The fourth-order valence-electron chi connectivity index (χ4n) is 3.42. The molecule has 0 saturated heterocycles. The van der Waals surface area contributed by atoms with E-state index in [9.17, 15) is 9.59 Å². The number of pyridine rings is 1. The number of carbonyl (C=O) groups is 2. The third kappa shape index (κ3) is 3.42. The van der Waals surface area contributed by atoms with Crippen LogP contribution in [0, 0.1) is 5.41 Å². The SMILES string of the molecule is COC(=O)C1(C(=O)Nc2ccc(Oc3ccnc4c3Oc3ccccc3N4)cc2)CC1. The lowest BCUT2D eigenvalue weighted by Crippen LogP contribution is -2.32. The highest BCUT2D eigenvalue weighted by Crippen LogP contribution is 2.48. The first kappa shape index (κ1) is 18.9. The van der Waals surface area contributed by atoms with Crippen LogP contribution in [0.2, 0.25) is 0 Å². The topological polar surface area (TPSA) is 98.8 Å². The Morgan fingerprint density at radius 3 is 2.61 bits per heavy atom. The average molecular weight is 417 g/mol. The van der Waals surface area contributed by atoms with Crippen LogP contribution in [0.3, 0.4) is 0 Å². The van der Waals surface area contributed by atoms with Crippen molar-refractivity contribution >= 4 is 29.1 Å². The molecule has 1 fully saturated rings. The molecule has 0 spiro atoms. The number of rotatable bonds is 5. The van der Waals surface area contributed by atoms with Gasteiger partial charge in [-0.25, -0.2) is 4.98 Å². The smallest absolute Gasteiger partial charge is 0.321 e. The van der Waals surface area contributed by atoms with Crippen LogP contribution in [0.25, 0.3) is 0 Å². The normalized spacial score (nSPS) is 14.7. The van der Waals surface area contributed by atoms with E-state index in [4.69, 9.17) is 14.2 Å². The number of fused-ring (bicyclic) bond motifs is 2. The monoisotopic (exact) mass is 417 g/mol. The van der Waals surface area contributed by atoms with Crippen molar-refractivity contribution in [1.29, 1.82) is 0 Å². The number of aromatic nitrogens is 1. The van der Waals surface area contributed by atoms with Crippen molar-refractivity contribution in [2.45, 2.75) is 12.8 Å². The van der Waals surface area contributed by atoms with Crippen LogP contribution in [0.15, 0.2) is 60.8 Å². The zero-order chi connectivity index (χ0) is 21.4. The summed E-state index contributed by atoms with van der Waals surface area (Å²) >= 11 is 0. The highest BCUT2D eigenvalue weighted by molar-refractivity contribution is 6.11. The molecule has 2 heterocycles. The molecular formula is C23H19N3O5. The fraction of sp³-hybridized carbons (Fsp3) is 0.174. The Labute approximate surface area is 178 Å². The van der Waals surface area contributed by atoms with Crippen molar-refractivity contribution in [3.63, 3.8) is 0 Å². The van der Waals surface area contributed by atoms with Gasteiger partial charge in [0.25, 0.3) is 0 Å². The summed E-state index contributed by atoms with van der Waals surface area (Å²) in [7, 11) is 1.29. The van der Waals surface area contributed by atoms with E-state index in [1.165, 1.54) is 7.11 Å². The molecule has 8 nitrogen and oxygen atoms in total. The summed E-state index contributed by atoms with van der Waals surface area (Å²) < 4.78 is 16.7. The van der Waals surface area contributed by atoms with Crippen LogP contribution in [0.1, 0.15) is 12.8 Å². The minimum Gasteiger partial charge on any atom is -0.468 e. The minimum absolute atomic E-state index is 0.352. The molecule has 5 rings (SSSR count). The summed E-state index contributed by atoms with van der Waals surface area (Å²) in [4.78, 5) is 28.6. The van der Waals surface area contributed by atoms with E-state index >= 15 is 0 Å². The standard InChI is InChI=1S/C23H19N3O5/c1-29-22(28)23(11-12-23)21(27)25-14-6-8-15(9-7-14)30-18-10-13-24-20-19(18)31-17-5-3-2-4-16(17)26-20/h2-10,13H,11-12H2,1H3,(H,24,26)(H,25,27). The number of nitrogens with one attached hydrogen (secondary N) is 2. The van der Waals surface area contributed by atoms with E-state index < -0.39 is 11.4 Å². The van der Waals surface area contributed by atoms with Gasteiger partial charge in [-0.1, -0.05) is 12.1 Å². The van der Waals surface area contributed by atoms with Gasteiger partial charge in [0.15, 0.2) is 17.3 Å². The van der Waals surface area contributed by atoms with Crippen LogP contribution in [-0.2, 0) is 14.3 Å². The van der Waals surface area contributed by atoms with Crippen LogP contribution in [-0.4, -0.2) is 24.0 Å². The first-order valence-corrected chi connectivity index (χ1v) is 9.80. The Balaban J connectivity index is 1.30. The van der Waals surface area contributed by atoms with Gasteiger partial charge >= 0.3 is 5.97 Å². The summed E-state index contributed by atoms with van der Waals surface area (Å²) in [6.45, 7) is 0. The molecule has 1 aliphatic carbocycles. The Bertz CT molecular complexity index is 1170. The lowest BCUT2D eigenvalue weighted by Gasteiger charge is -2.22. The molecule has 0 atom stereocenters. The van der Waals surface area contributed by atoms with Crippen LogP contribution < -0.4 is 20.1 Å². The molecule has 31 heavy (non-hydrogen) atoms. The van der Waals surface area contributed by atoms with Crippen molar-refractivity contribution in [3.05, 3.63) is 60.8 Å². The second-order valence-corrected chi connectivity index (χ2v) is 7.36. The summed E-state index contributed by atoms with van der Waals surface area (Å²) in [6, 6.07) is 16.2. The molecule has 2 N–H and O–H groups in total. The number of carbonyl (C=O) groups excluding carboxylic acids is 2. The summed E-state index contributed by atoms with van der Waals surface area (Å²) in [5.74, 6) is 1.96. The van der Waals surface area contributed by atoms with Gasteiger partial charge in [0, 0.05) is 18.0 Å². The van der Waals surface area contributed by atoms with E-state index in [1.807, 2.05) is 24.3 Å². The first-order chi connectivity index (χ1) is 15.1. The predicted octanol–water partition coefficient (Wildman–Crippen LogP) is 4.61. The van der Waals surface area contributed by atoms with Gasteiger partial charge in [0.05, 0.1) is 12.8 Å². The predicted molar refractivity (Wildman–Crippen MR) is 113 cm³/mol. The van der Waals surface area contributed by atoms with Gasteiger partial charge in [-0.05, 0) is 49.2 Å².